The number of hydrogen-bond acceptors (Lipinski definition) is 6. The number of aryl methyl sites for hydroxylation is 1. The fraction of sp³-hybridized carbons (Fsp3) is 0.783. The zero-order valence-electron chi connectivity index (χ0n) is 18.8. The van der Waals surface area contributed by atoms with Crippen LogP contribution in [0.2, 0.25) is 0 Å². The first-order valence-corrected chi connectivity index (χ1v) is 11.5. The number of rotatable bonds is 6. The molecule has 3 saturated heterocycles. The van der Waals surface area contributed by atoms with E-state index in [0.29, 0.717) is 23.9 Å². The van der Waals surface area contributed by atoms with E-state index >= 15 is 0 Å². The van der Waals surface area contributed by atoms with Crippen LogP contribution in [0, 0.1) is 24.7 Å². The number of methoxy groups -OCH3 is 1. The maximum Gasteiger partial charge on any atom is 0.235 e. The van der Waals surface area contributed by atoms with E-state index in [-0.39, 0.29) is 24.0 Å². The molecule has 0 radical (unpaired) electrons. The minimum absolute atomic E-state index is 0.137. The van der Waals surface area contributed by atoms with Crippen LogP contribution in [0.3, 0.4) is 0 Å². The Morgan fingerprint density at radius 3 is 2.33 bits per heavy atom. The summed E-state index contributed by atoms with van der Waals surface area (Å²) in [6, 6.07) is 0.816. The molecule has 2 bridgehead atoms. The summed E-state index contributed by atoms with van der Waals surface area (Å²) in [5, 5.41) is 0. The molecule has 2 N–H and O–H groups in total. The third-order valence-electron chi connectivity index (χ3n) is 7.64. The van der Waals surface area contributed by atoms with Crippen molar-refractivity contribution in [2.24, 2.45) is 23.5 Å². The highest BCUT2D eigenvalue weighted by atomic mass is 16.5. The monoisotopic (exact) mass is 415 g/mol. The molecule has 4 rings (SSSR count). The molecule has 3 aliphatic rings. The van der Waals surface area contributed by atoms with Gasteiger partial charge in [-0.1, -0.05) is 13.8 Å². The van der Waals surface area contributed by atoms with Crippen LogP contribution in [0.25, 0.3) is 0 Å². The number of nitrogens with two attached hydrogens (primary N) is 1. The van der Waals surface area contributed by atoms with Crippen molar-refractivity contribution in [3.8, 4) is 0 Å². The summed E-state index contributed by atoms with van der Waals surface area (Å²) < 4.78 is 5.99. The lowest BCUT2D eigenvalue weighted by atomic mass is 9.74. The van der Waals surface area contributed by atoms with Gasteiger partial charge in [-0.2, -0.15) is 0 Å². The minimum atomic E-state index is -0.165. The molecule has 6 atom stereocenters. The van der Waals surface area contributed by atoms with Crippen molar-refractivity contribution in [3.05, 3.63) is 18.0 Å². The molecule has 1 aromatic heterocycles. The van der Waals surface area contributed by atoms with Gasteiger partial charge in [-0.05, 0) is 62.3 Å². The maximum absolute atomic E-state index is 12.2. The average Bonchev–Trinajstić information content (AvgIpc) is 2.96. The Bertz CT molecular complexity index is 726. The molecule has 30 heavy (non-hydrogen) atoms. The highest BCUT2D eigenvalue weighted by Gasteiger charge is 2.49. The molecule has 3 aliphatic heterocycles. The van der Waals surface area contributed by atoms with E-state index in [0.717, 1.165) is 43.9 Å². The van der Waals surface area contributed by atoms with Crippen LogP contribution in [0.5, 0.6) is 0 Å². The third kappa shape index (κ3) is 4.06. The summed E-state index contributed by atoms with van der Waals surface area (Å²) >= 11 is 0. The largest absolute Gasteiger partial charge is 0.379 e. The summed E-state index contributed by atoms with van der Waals surface area (Å²) in [5.74, 6) is 2.09. The van der Waals surface area contributed by atoms with Gasteiger partial charge in [-0.25, -0.2) is 9.97 Å². The zero-order chi connectivity index (χ0) is 21.4. The van der Waals surface area contributed by atoms with Crippen molar-refractivity contribution >= 4 is 11.9 Å². The fourth-order valence-electron chi connectivity index (χ4n) is 6.33. The lowest BCUT2D eigenvalue weighted by Crippen LogP contribution is -2.57. The molecule has 0 saturated carbocycles. The van der Waals surface area contributed by atoms with E-state index in [2.05, 4.69) is 33.6 Å². The first kappa shape index (κ1) is 21.5. The molecular weight excluding hydrogens is 378 g/mol. The second kappa shape index (κ2) is 8.79. The number of carbonyl (C=O) groups is 1. The molecule has 1 unspecified atom stereocenters. The Kier molecular flexibility index (Phi) is 6.30. The van der Waals surface area contributed by atoms with Gasteiger partial charge in [0.15, 0.2) is 0 Å². The van der Waals surface area contributed by atoms with E-state index in [1.165, 1.54) is 12.8 Å². The summed E-state index contributed by atoms with van der Waals surface area (Å²) in [4.78, 5) is 25.9. The Labute approximate surface area is 180 Å². The van der Waals surface area contributed by atoms with Gasteiger partial charge in [0, 0.05) is 44.7 Å². The molecule has 1 amide bonds. The Hall–Kier alpha value is -1.73. The number of aromatic nitrogens is 2. The summed E-state index contributed by atoms with van der Waals surface area (Å²) in [7, 11) is 1.84. The Morgan fingerprint density at radius 1 is 1.17 bits per heavy atom. The highest BCUT2D eigenvalue weighted by Crippen LogP contribution is 2.46. The number of amides is 1. The van der Waals surface area contributed by atoms with Crippen molar-refractivity contribution in [3.63, 3.8) is 0 Å². The number of primary amides is 1. The van der Waals surface area contributed by atoms with Crippen LogP contribution >= 0.6 is 0 Å². The van der Waals surface area contributed by atoms with Gasteiger partial charge in [-0.15, -0.1) is 0 Å². The Balaban J connectivity index is 1.44. The molecule has 0 spiro atoms. The highest BCUT2D eigenvalue weighted by molar-refractivity contribution is 5.80. The van der Waals surface area contributed by atoms with E-state index in [4.69, 9.17) is 10.5 Å². The summed E-state index contributed by atoms with van der Waals surface area (Å²) in [6.45, 7) is 8.06. The summed E-state index contributed by atoms with van der Waals surface area (Å²) in [6.07, 6.45) is 9.73. The lowest BCUT2D eigenvalue weighted by molar-refractivity contribution is -0.128. The number of fused-ring (bicyclic) bond motifs is 2. The van der Waals surface area contributed by atoms with Gasteiger partial charge < -0.3 is 15.4 Å². The second-order valence-corrected chi connectivity index (χ2v) is 9.89. The van der Waals surface area contributed by atoms with Crippen LogP contribution < -0.4 is 10.6 Å². The first-order valence-electron chi connectivity index (χ1n) is 11.5. The molecule has 166 valence electrons. The van der Waals surface area contributed by atoms with Crippen LogP contribution in [0.15, 0.2) is 12.4 Å². The predicted molar refractivity (Wildman–Crippen MR) is 117 cm³/mol. The Morgan fingerprint density at radius 2 is 1.80 bits per heavy atom. The first-order chi connectivity index (χ1) is 14.4. The van der Waals surface area contributed by atoms with Crippen molar-refractivity contribution in [2.45, 2.75) is 77.1 Å². The molecule has 3 fully saturated rings. The average molecular weight is 416 g/mol. The molecule has 7 heteroatoms. The van der Waals surface area contributed by atoms with Gasteiger partial charge in [0.05, 0.1) is 12.1 Å². The normalized spacial score (nSPS) is 33.1. The van der Waals surface area contributed by atoms with Crippen LogP contribution in [-0.2, 0) is 9.53 Å². The number of nitrogens with zero attached hydrogens (tertiary/aromatic N) is 4. The molecule has 1 aromatic rings. The quantitative estimate of drug-likeness (QED) is 0.768. The third-order valence-corrected chi connectivity index (χ3v) is 7.64. The molecule has 4 heterocycles. The van der Waals surface area contributed by atoms with Gasteiger partial charge in [0.1, 0.15) is 0 Å². The lowest BCUT2D eigenvalue weighted by Gasteiger charge is -2.48. The second-order valence-electron chi connectivity index (χ2n) is 9.89. The SMILES string of the molecule is CO[C@@H]1CN(c2ncc(C)cn2)CC[C@@H]1C1C[C@H]2CC[C@@H](C1)N2[C@@H](C(N)=O)C(C)C. The van der Waals surface area contributed by atoms with Gasteiger partial charge in [-0.3, -0.25) is 9.69 Å². The smallest absolute Gasteiger partial charge is 0.235 e. The van der Waals surface area contributed by atoms with E-state index in [9.17, 15) is 4.79 Å². The molecule has 7 nitrogen and oxygen atoms in total. The van der Waals surface area contributed by atoms with Gasteiger partial charge in [0.25, 0.3) is 0 Å². The number of piperidine rings is 2. The van der Waals surface area contributed by atoms with Crippen LogP contribution in [-0.4, -0.2) is 65.2 Å². The van der Waals surface area contributed by atoms with E-state index in [1.54, 1.807) is 0 Å². The van der Waals surface area contributed by atoms with Gasteiger partial charge >= 0.3 is 0 Å². The summed E-state index contributed by atoms with van der Waals surface area (Å²) in [5.41, 5.74) is 6.88. The maximum atomic E-state index is 12.2. The predicted octanol–water partition coefficient (Wildman–Crippen LogP) is 2.38. The van der Waals surface area contributed by atoms with Crippen molar-refractivity contribution in [1.29, 1.82) is 0 Å². The molecular formula is C23H37N5O2. The standard InChI is InChI=1S/C23H37N5O2/c1-14(2)21(22(24)29)28-17-5-6-18(28)10-16(9-17)19-7-8-27(13-20(19)30-4)23-25-11-15(3)12-26-23/h11-12,14,16-21H,5-10,13H2,1-4H3,(H2,24,29)/t16?,17-,18+,19-,20-,21-/m1/s1. The number of carbonyl (C=O) groups excluding carboxylic acids is 1. The van der Waals surface area contributed by atoms with E-state index < -0.39 is 0 Å². The fourth-order valence-corrected chi connectivity index (χ4v) is 6.33. The number of anilines is 1. The molecule has 0 aliphatic carbocycles. The molecule has 0 aromatic carbocycles. The van der Waals surface area contributed by atoms with Crippen LogP contribution in [0.1, 0.15) is 51.5 Å². The number of hydrogen-bond donors (Lipinski definition) is 1. The minimum Gasteiger partial charge on any atom is -0.379 e. The van der Waals surface area contributed by atoms with Crippen LogP contribution in [0.4, 0.5) is 5.95 Å². The topological polar surface area (TPSA) is 84.6 Å². The number of ether oxygens (including phenoxy) is 1. The zero-order valence-corrected chi connectivity index (χ0v) is 18.8. The van der Waals surface area contributed by atoms with Crippen molar-refractivity contribution < 1.29 is 9.53 Å². The van der Waals surface area contributed by atoms with Crippen molar-refractivity contribution in [2.75, 3.05) is 25.1 Å². The van der Waals surface area contributed by atoms with Gasteiger partial charge in [0.2, 0.25) is 11.9 Å². The van der Waals surface area contributed by atoms with E-state index in [1.807, 2.05) is 26.4 Å². The van der Waals surface area contributed by atoms with Crippen molar-refractivity contribution in [1.82, 2.24) is 14.9 Å².